The lowest BCUT2D eigenvalue weighted by atomic mass is 10.1. The standard InChI is InChI=1S/C19H28N4O/c1-6-20-19(23-15(5)13(2)3)22-12-18-21-11-17(24-18)16-9-7-14(4)8-10-16/h7-11,13,15H,6,12H2,1-5H3,(H2,20,22,23). The van der Waals surface area contributed by atoms with Crippen LogP contribution in [-0.4, -0.2) is 23.5 Å². The monoisotopic (exact) mass is 328 g/mol. The van der Waals surface area contributed by atoms with Crippen LogP contribution in [0.3, 0.4) is 0 Å². The van der Waals surface area contributed by atoms with Gasteiger partial charge < -0.3 is 15.1 Å². The van der Waals surface area contributed by atoms with E-state index in [9.17, 15) is 0 Å². The van der Waals surface area contributed by atoms with Crippen molar-refractivity contribution in [2.75, 3.05) is 6.54 Å². The molecule has 2 rings (SSSR count). The van der Waals surface area contributed by atoms with Crippen molar-refractivity contribution >= 4 is 5.96 Å². The van der Waals surface area contributed by atoms with Gasteiger partial charge in [-0.1, -0.05) is 43.7 Å². The van der Waals surface area contributed by atoms with Gasteiger partial charge >= 0.3 is 0 Å². The molecule has 0 aliphatic rings. The fourth-order valence-corrected chi connectivity index (χ4v) is 2.08. The average Bonchev–Trinajstić information content (AvgIpc) is 3.02. The highest BCUT2D eigenvalue weighted by Gasteiger charge is 2.10. The third kappa shape index (κ3) is 5.11. The molecule has 1 atom stereocenters. The Hall–Kier alpha value is -2.30. The molecule has 1 heterocycles. The summed E-state index contributed by atoms with van der Waals surface area (Å²) in [4.78, 5) is 8.90. The van der Waals surface area contributed by atoms with Gasteiger partial charge in [0.1, 0.15) is 6.54 Å². The zero-order valence-electron chi connectivity index (χ0n) is 15.3. The summed E-state index contributed by atoms with van der Waals surface area (Å²) in [5, 5.41) is 6.65. The molecule has 2 N–H and O–H groups in total. The first-order valence-corrected chi connectivity index (χ1v) is 8.56. The third-order valence-electron chi connectivity index (χ3n) is 3.97. The number of aryl methyl sites for hydroxylation is 1. The molecule has 0 saturated heterocycles. The summed E-state index contributed by atoms with van der Waals surface area (Å²) in [5.41, 5.74) is 2.26. The molecule has 0 fully saturated rings. The summed E-state index contributed by atoms with van der Waals surface area (Å²) in [6.07, 6.45) is 1.76. The van der Waals surface area contributed by atoms with Crippen molar-refractivity contribution in [3.05, 3.63) is 41.9 Å². The van der Waals surface area contributed by atoms with Crippen molar-refractivity contribution in [1.29, 1.82) is 0 Å². The summed E-state index contributed by atoms with van der Waals surface area (Å²) in [5.74, 6) is 2.70. The van der Waals surface area contributed by atoms with Gasteiger partial charge in [0.25, 0.3) is 0 Å². The van der Waals surface area contributed by atoms with Crippen molar-refractivity contribution in [2.45, 2.75) is 47.2 Å². The second kappa shape index (κ2) is 8.52. The van der Waals surface area contributed by atoms with Crippen molar-refractivity contribution in [3.8, 4) is 11.3 Å². The van der Waals surface area contributed by atoms with Gasteiger partial charge in [-0.05, 0) is 26.7 Å². The Morgan fingerprint density at radius 1 is 1.21 bits per heavy atom. The number of hydrogen-bond donors (Lipinski definition) is 2. The molecule has 0 radical (unpaired) electrons. The molecule has 0 spiro atoms. The fraction of sp³-hybridized carbons (Fsp3) is 0.474. The number of benzene rings is 1. The number of rotatable bonds is 6. The minimum atomic E-state index is 0.343. The fourth-order valence-electron chi connectivity index (χ4n) is 2.08. The van der Waals surface area contributed by atoms with E-state index in [2.05, 4.69) is 67.4 Å². The second-order valence-electron chi connectivity index (χ2n) is 6.36. The highest BCUT2D eigenvalue weighted by Crippen LogP contribution is 2.20. The van der Waals surface area contributed by atoms with Crippen molar-refractivity contribution in [2.24, 2.45) is 10.9 Å². The molecule has 0 bridgehead atoms. The molecule has 24 heavy (non-hydrogen) atoms. The Labute approximate surface area is 144 Å². The molecular formula is C19H28N4O. The van der Waals surface area contributed by atoms with Gasteiger partial charge in [-0.2, -0.15) is 0 Å². The van der Waals surface area contributed by atoms with Gasteiger partial charge in [-0.25, -0.2) is 9.98 Å². The molecule has 5 nitrogen and oxygen atoms in total. The predicted octanol–water partition coefficient (Wildman–Crippen LogP) is 3.75. The van der Waals surface area contributed by atoms with E-state index >= 15 is 0 Å². The first-order valence-electron chi connectivity index (χ1n) is 8.56. The van der Waals surface area contributed by atoms with Gasteiger partial charge in [0.2, 0.25) is 5.89 Å². The molecule has 130 valence electrons. The van der Waals surface area contributed by atoms with Crippen LogP contribution in [0.2, 0.25) is 0 Å². The van der Waals surface area contributed by atoms with E-state index in [-0.39, 0.29) is 0 Å². The topological polar surface area (TPSA) is 62.5 Å². The lowest BCUT2D eigenvalue weighted by Gasteiger charge is -2.20. The minimum Gasteiger partial charge on any atom is -0.439 e. The lowest BCUT2D eigenvalue weighted by Crippen LogP contribution is -2.44. The highest BCUT2D eigenvalue weighted by atomic mass is 16.4. The Morgan fingerprint density at radius 3 is 2.54 bits per heavy atom. The molecular weight excluding hydrogens is 300 g/mol. The van der Waals surface area contributed by atoms with Crippen molar-refractivity contribution in [3.63, 3.8) is 0 Å². The van der Waals surface area contributed by atoms with Gasteiger partial charge in [-0.15, -0.1) is 0 Å². The van der Waals surface area contributed by atoms with E-state index in [0.29, 0.717) is 24.4 Å². The van der Waals surface area contributed by atoms with Crippen LogP contribution >= 0.6 is 0 Å². The maximum atomic E-state index is 5.82. The minimum absolute atomic E-state index is 0.343. The summed E-state index contributed by atoms with van der Waals surface area (Å²) in [6, 6.07) is 8.56. The van der Waals surface area contributed by atoms with E-state index in [0.717, 1.165) is 23.8 Å². The van der Waals surface area contributed by atoms with Crippen LogP contribution in [0.5, 0.6) is 0 Å². The summed E-state index contributed by atoms with van der Waals surface area (Å²) >= 11 is 0. The van der Waals surface area contributed by atoms with Crippen LogP contribution in [0, 0.1) is 12.8 Å². The van der Waals surface area contributed by atoms with E-state index < -0.39 is 0 Å². The summed E-state index contributed by atoms with van der Waals surface area (Å²) in [7, 11) is 0. The molecule has 1 aromatic heterocycles. The number of hydrogen-bond acceptors (Lipinski definition) is 3. The van der Waals surface area contributed by atoms with Gasteiger partial charge in [0, 0.05) is 18.2 Å². The van der Waals surface area contributed by atoms with Gasteiger partial charge in [0.05, 0.1) is 6.20 Å². The first kappa shape index (κ1) is 18.0. The number of aromatic nitrogens is 1. The number of aliphatic imine (C=N–C) groups is 1. The second-order valence-corrected chi connectivity index (χ2v) is 6.36. The quantitative estimate of drug-likeness (QED) is 0.626. The van der Waals surface area contributed by atoms with Crippen LogP contribution in [0.4, 0.5) is 0 Å². The first-order chi connectivity index (χ1) is 11.5. The molecule has 0 amide bonds. The average molecular weight is 328 g/mol. The lowest BCUT2D eigenvalue weighted by molar-refractivity contribution is 0.478. The highest BCUT2D eigenvalue weighted by molar-refractivity contribution is 5.80. The normalized spacial score (nSPS) is 13.2. The Bertz CT molecular complexity index is 658. The van der Waals surface area contributed by atoms with Crippen LogP contribution in [0.15, 0.2) is 39.9 Å². The predicted molar refractivity (Wildman–Crippen MR) is 98.9 cm³/mol. The SMILES string of the molecule is CCNC(=NCc1ncc(-c2ccc(C)cc2)o1)NC(C)C(C)C. The van der Waals surface area contributed by atoms with E-state index in [1.165, 1.54) is 5.56 Å². The van der Waals surface area contributed by atoms with E-state index in [1.54, 1.807) is 6.20 Å². The smallest absolute Gasteiger partial charge is 0.216 e. The van der Waals surface area contributed by atoms with Crippen LogP contribution in [-0.2, 0) is 6.54 Å². The number of oxazole rings is 1. The zero-order chi connectivity index (χ0) is 17.5. The van der Waals surface area contributed by atoms with Gasteiger partial charge in [0.15, 0.2) is 11.7 Å². The number of guanidine groups is 1. The molecule has 0 saturated carbocycles. The molecule has 0 aliphatic heterocycles. The van der Waals surface area contributed by atoms with E-state index in [4.69, 9.17) is 4.42 Å². The zero-order valence-corrected chi connectivity index (χ0v) is 15.3. The van der Waals surface area contributed by atoms with Gasteiger partial charge in [-0.3, -0.25) is 0 Å². The Kier molecular flexibility index (Phi) is 6.41. The summed E-state index contributed by atoms with van der Waals surface area (Å²) < 4.78 is 5.82. The van der Waals surface area contributed by atoms with Crippen molar-refractivity contribution < 1.29 is 4.42 Å². The Balaban J connectivity index is 2.05. The Morgan fingerprint density at radius 2 is 1.92 bits per heavy atom. The van der Waals surface area contributed by atoms with Crippen LogP contribution < -0.4 is 10.6 Å². The third-order valence-corrected chi connectivity index (χ3v) is 3.97. The molecule has 5 heteroatoms. The number of nitrogens with zero attached hydrogens (tertiary/aromatic N) is 2. The molecule has 1 aromatic carbocycles. The van der Waals surface area contributed by atoms with Crippen molar-refractivity contribution in [1.82, 2.24) is 15.6 Å². The molecule has 1 unspecified atom stereocenters. The maximum Gasteiger partial charge on any atom is 0.216 e. The summed E-state index contributed by atoms with van der Waals surface area (Å²) in [6.45, 7) is 11.9. The molecule has 2 aromatic rings. The molecule has 0 aliphatic carbocycles. The number of nitrogens with one attached hydrogen (secondary N) is 2. The largest absolute Gasteiger partial charge is 0.439 e. The van der Waals surface area contributed by atoms with Crippen LogP contribution in [0.1, 0.15) is 39.1 Å². The van der Waals surface area contributed by atoms with Crippen LogP contribution in [0.25, 0.3) is 11.3 Å². The maximum absolute atomic E-state index is 5.82. The van der Waals surface area contributed by atoms with E-state index in [1.807, 2.05) is 12.1 Å².